The van der Waals surface area contributed by atoms with Gasteiger partial charge in [0.05, 0.1) is 13.0 Å². The van der Waals surface area contributed by atoms with Crippen LogP contribution in [0.25, 0.3) is 0 Å². The van der Waals surface area contributed by atoms with Crippen LogP contribution in [0, 0.1) is 11.7 Å². The summed E-state index contributed by atoms with van der Waals surface area (Å²) in [6.45, 7) is 4.54. The molecule has 0 saturated carbocycles. The lowest BCUT2D eigenvalue weighted by atomic mass is 9.87. The van der Waals surface area contributed by atoms with Gasteiger partial charge in [-0.3, -0.25) is 14.4 Å². The van der Waals surface area contributed by atoms with Crippen molar-refractivity contribution >= 4 is 17.7 Å². The van der Waals surface area contributed by atoms with Crippen LogP contribution in [-0.4, -0.2) is 35.9 Å². The summed E-state index contributed by atoms with van der Waals surface area (Å²) < 4.78 is 29.6. The SMILES string of the molecule is COc1ccnc(C(=O)C[C@@H](C)C(=O)O[C@@H](C)[C@@H](c2ccccc2)c2ccc(F)cc2)c1OC(C)=O. The summed E-state index contributed by atoms with van der Waals surface area (Å²) in [7, 11) is 1.38. The molecular formula is C28H28FNO6. The van der Waals surface area contributed by atoms with Gasteiger partial charge in [0.25, 0.3) is 0 Å². The molecule has 8 heteroatoms. The second-order valence-corrected chi connectivity index (χ2v) is 8.39. The van der Waals surface area contributed by atoms with Crippen molar-refractivity contribution in [2.24, 2.45) is 5.92 Å². The van der Waals surface area contributed by atoms with Crippen molar-refractivity contribution in [1.82, 2.24) is 4.98 Å². The van der Waals surface area contributed by atoms with Crippen LogP contribution in [0.15, 0.2) is 66.9 Å². The number of benzene rings is 2. The normalized spacial score (nSPS) is 13.2. The second kappa shape index (κ2) is 12.1. The van der Waals surface area contributed by atoms with Crippen LogP contribution in [0.3, 0.4) is 0 Å². The first-order chi connectivity index (χ1) is 17.2. The van der Waals surface area contributed by atoms with E-state index < -0.39 is 29.7 Å². The van der Waals surface area contributed by atoms with Crippen molar-refractivity contribution < 1.29 is 33.0 Å². The van der Waals surface area contributed by atoms with Gasteiger partial charge in [-0.1, -0.05) is 49.4 Å². The Hall–Kier alpha value is -4.07. The molecule has 0 spiro atoms. The van der Waals surface area contributed by atoms with Gasteiger partial charge in [-0.05, 0) is 30.2 Å². The largest absolute Gasteiger partial charge is 0.493 e. The third-order valence-electron chi connectivity index (χ3n) is 5.65. The van der Waals surface area contributed by atoms with E-state index in [0.717, 1.165) is 11.1 Å². The average Bonchev–Trinajstić information content (AvgIpc) is 2.85. The lowest BCUT2D eigenvalue weighted by molar-refractivity contribution is -0.153. The first kappa shape index (κ1) is 26.5. The highest BCUT2D eigenvalue weighted by molar-refractivity contribution is 5.99. The zero-order chi connectivity index (χ0) is 26.2. The maximum atomic E-state index is 13.5. The molecule has 0 aliphatic carbocycles. The molecule has 0 amide bonds. The van der Waals surface area contributed by atoms with Crippen LogP contribution in [0.4, 0.5) is 4.39 Å². The first-order valence-corrected chi connectivity index (χ1v) is 11.5. The summed E-state index contributed by atoms with van der Waals surface area (Å²) in [6, 6.07) is 17.0. The Balaban J connectivity index is 1.77. The molecule has 0 unspecified atom stereocenters. The van der Waals surface area contributed by atoms with Crippen LogP contribution in [0.5, 0.6) is 11.5 Å². The maximum Gasteiger partial charge on any atom is 0.309 e. The Kier molecular flexibility index (Phi) is 8.89. The fourth-order valence-corrected chi connectivity index (χ4v) is 3.92. The molecule has 1 heterocycles. The minimum absolute atomic E-state index is 0.0908. The number of esters is 2. The highest BCUT2D eigenvalue weighted by Gasteiger charge is 2.29. The Morgan fingerprint density at radius 1 is 0.944 bits per heavy atom. The van der Waals surface area contributed by atoms with E-state index in [1.54, 1.807) is 26.0 Å². The number of carbonyl (C=O) groups excluding carboxylic acids is 3. The van der Waals surface area contributed by atoms with E-state index in [2.05, 4.69) is 4.98 Å². The Morgan fingerprint density at radius 3 is 2.19 bits per heavy atom. The van der Waals surface area contributed by atoms with Crippen LogP contribution in [-0.2, 0) is 14.3 Å². The molecule has 3 aromatic rings. The molecule has 0 fully saturated rings. The molecule has 0 N–H and O–H groups in total. The molecule has 188 valence electrons. The zero-order valence-electron chi connectivity index (χ0n) is 20.6. The molecule has 7 nitrogen and oxygen atoms in total. The number of methoxy groups -OCH3 is 1. The Labute approximate surface area is 209 Å². The smallest absolute Gasteiger partial charge is 0.309 e. The van der Waals surface area contributed by atoms with E-state index in [0.29, 0.717) is 0 Å². The van der Waals surface area contributed by atoms with E-state index in [1.165, 1.54) is 38.4 Å². The number of nitrogens with zero attached hydrogens (tertiary/aromatic N) is 1. The van der Waals surface area contributed by atoms with Crippen LogP contribution >= 0.6 is 0 Å². The number of halogens is 1. The quantitative estimate of drug-likeness (QED) is 0.286. The number of aromatic nitrogens is 1. The lowest BCUT2D eigenvalue weighted by Crippen LogP contribution is -2.28. The van der Waals surface area contributed by atoms with Gasteiger partial charge in [0, 0.05) is 31.5 Å². The highest BCUT2D eigenvalue weighted by atomic mass is 19.1. The van der Waals surface area contributed by atoms with Crippen molar-refractivity contribution in [3.63, 3.8) is 0 Å². The van der Waals surface area contributed by atoms with Gasteiger partial charge in [-0.25, -0.2) is 9.37 Å². The van der Waals surface area contributed by atoms with Gasteiger partial charge in [-0.2, -0.15) is 0 Å². The molecule has 3 atom stereocenters. The summed E-state index contributed by atoms with van der Waals surface area (Å²) in [4.78, 5) is 41.5. The van der Waals surface area contributed by atoms with Crippen molar-refractivity contribution in [1.29, 1.82) is 0 Å². The fourth-order valence-electron chi connectivity index (χ4n) is 3.92. The van der Waals surface area contributed by atoms with E-state index in [9.17, 15) is 18.8 Å². The number of hydrogen-bond acceptors (Lipinski definition) is 7. The monoisotopic (exact) mass is 493 g/mol. The minimum atomic E-state index is -0.803. The zero-order valence-corrected chi connectivity index (χ0v) is 20.6. The molecular weight excluding hydrogens is 465 g/mol. The maximum absolute atomic E-state index is 13.5. The molecule has 3 rings (SSSR count). The predicted molar refractivity (Wildman–Crippen MR) is 130 cm³/mol. The van der Waals surface area contributed by atoms with Gasteiger partial charge in [0.1, 0.15) is 11.9 Å². The first-order valence-electron chi connectivity index (χ1n) is 11.5. The van der Waals surface area contributed by atoms with Crippen molar-refractivity contribution in [2.75, 3.05) is 7.11 Å². The van der Waals surface area contributed by atoms with Crippen LogP contribution < -0.4 is 9.47 Å². The van der Waals surface area contributed by atoms with Crippen molar-refractivity contribution in [2.45, 2.75) is 39.2 Å². The van der Waals surface area contributed by atoms with Gasteiger partial charge < -0.3 is 14.2 Å². The van der Waals surface area contributed by atoms with E-state index in [4.69, 9.17) is 14.2 Å². The standard InChI is InChI=1S/C28H28FNO6/c1-17(16-23(32)26-27(36-19(3)31)24(34-4)14-15-30-26)28(33)35-18(2)25(20-8-6-5-7-9-20)21-10-12-22(29)13-11-21/h5-15,17-18,25H,16H2,1-4H3/t17-,18+,25+/m1/s1. The molecule has 0 radical (unpaired) electrons. The molecule has 0 aliphatic rings. The molecule has 0 saturated heterocycles. The Morgan fingerprint density at radius 2 is 1.58 bits per heavy atom. The number of ketones is 1. The molecule has 36 heavy (non-hydrogen) atoms. The van der Waals surface area contributed by atoms with Gasteiger partial charge in [0.2, 0.25) is 5.75 Å². The van der Waals surface area contributed by atoms with E-state index >= 15 is 0 Å². The average molecular weight is 494 g/mol. The molecule has 0 aliphatic heterocycles. The van der Waals surface area contributed by atoms with Gasteiger partial charge >= 0.3 is 11.9 Å². The van der Waals surface area contributed by atoms with Crippen molar-refractivity contribution in [3.8, 4) is 11.5 Å². The molecule has 1 aromatic heterocycles. The summed E-state index contributed by atoms with van der Waals surface area (Å²) in [5, 5.41) is 0. The number of hydrogen-bond donors (Lipinski definition) is 0. The number of ether oxygens (including phenoxy) is 3. The lowest BCUT2D eigenvalue weighted by Gasteiger charge is -2.26. The highest BCUT2D eigenvalue weighted by Crippen LogP contribution is 2.32. The summed E-state index contributed by atoms with van der Waals surface area (Å²) in [5.41, 5.74) is 1.59. The summed E-state index contributed by atoms with van der Waals surface area (Å²) >= 11 is 0. The third-order valence-corrected chi connectivity index (χ3v) is 5.65. The number of Topliss-reactive ketones (excluding diaryl/α,β-unsaturated/α-hetero) is 1. The summed E-state index contributed by atoms with van der Waals surface area (Å²) in [6.07, 6.45) is 0.540. The topological polar surface area (TPSA) is 91.8 Å². The van der Waals surface area contributed by atoms with E-state index in [-0.39, 0.29) is 35.3 Å². The van der Waals surface area contributed by atoms with Gasteiger partial charge in [0.15, 0.2) is 17.2 Å². The number of pyridine rings is 1. The Bertz CT molecular complexity index is 1210. The minimum Gasteiger partial charge on any atom is -0.493 e. The fraction of sp³-hybridized carbons (Fsp3) is 0.286. The predicted octanol–water partition coefficient (Wildman–Crippen LogP) is 5.13. The van der Waals surface area contributed by atoms with Gasteiger partial charge in [-0.15, -0.1) is 0 Å². The van der Waals surface area contributed by atoms with Crippen LogP contribution in [0.2, 0.25) is 0 Å². The molecule has 0 bridgehead atoms. The van der Waals surface area contributed by atoms with Crippen molar-refractivity contribution in [3.05, 3.63) is 89.5 Å². The second-order valence-electron chi connectivity index (χ2n) is 8.39. The number of rotatable bonds is 10. The summed E-state index contributed by atoms with van der Waals surface area (Å²) in [5.74, 6) is -3.12. The third kappa shape index (κ3) is 6.53. The number of carbonyl (C=O) groups is 3. The molecule has 2 aromatic carbocycles. The van der Waals surface area contributed by atoms with Crippen LogP contribution in [0.1, 0.15) is 54.7 Å². The van der Waals surface area contributed by atoms with E-state index in [1.807, 2.05) is 30.3 Å².